The van der Waals surface area contributed by atoms with Gasteiger partial charge in [0.05, 0.1) is 0 Å². The zero-order valence-corrected chi connectivity index (χ0v) is 16.6. The average Bonchev–Trinajstić information content (AvgIpc) is 2.68. The van der Waals surface area contributed by atoms with E-state index < -0.39 is 0 Å². The molecule has 0 bridgehead atoms. The fourth-order valence-corrected chi connectivity index (χ4v) is 5.36. The van der Waals surface area contributed by atoms with Gasteiger partial charge in [-0.1, -0.05) is 56.9 Å². The molecule has 2 fully saturated rings. The molecule has 0 nitrogen and oxygen atoms in total. The third kappa shape index (κ3) is 5.96. The summed E-state index contributed by atoms with van der Waals surface area (Å²) in [5.74, 6) is 3.75. The Balaban J connectivity index is 1.33. The standard InChI is InChI=1S/C25H37F/c1-2-5-20-8-14-23(15-9-20)24-16-10-21(11-17-24)6-3-4-7-22-12-18-25(26)19-13-22/h3,6,12-13,18-21,23-24H,2,4-5,7-11,14-17H2,1H3/b6-3+/t20-,21?,23-,24?. The highest BCUT2D eigenvalue weighted by Gasteiger charge is 2.29. The van der Waals surface area contributed by atoms with Crippen LogP contribution in [-0.2, 0) is 6.42 Å². The van der Waals surface area contributed by atoms with E-state index in [1.165, 1.54) is 69.8 Å². The molecule has 3 rings (SSSR count). The maximum atomic E-state index is 12.9. The molecule has 0 heterocycles. The topological polar surface area (TPSA) is 0 Å². The van der Waals surface area contributed by atoms with Gasteiger partial charge in [-0.3, -0.25) is 0 Å². The van der Waals surface area contributed by atoms with Crippen molar-refractivity contribution in [1.82, 2.24) is 0 Å². The molecule has 2 aliphatic rings. The first kappa shape index (κ1) is 19.6. The molecule has 0 amide bonds. The van der Waals surface area contributed by atoms with Crippen LogP contribution >= 0.6 is 0 Å². The summed E-state index contributed by atoms with van der Waals surface area (Å²) in [6, 6.07) is 6.94. The molecule has 2 aliphatic carbocycles. The number of benzene rings is 1. The van der Waals surface area contributed by atoms with Crippen molar-refractivity contribution < 1.29 is 4.39 Å². The number of rotatable bonds is 7. The maximum absolute atomic E-state index is 12.9. The molecular formula is C25H37F. The van der Waals surface area contributed by atoms with Crippen molar-refractivity contribution in [3.8, 4) is 0 Å². The smallest absolute Gasteiger partial charge is 0.123 e. The molecule has 1 aromatic rings. The Hall–Kier alpha value is -1.11. The van der Waals surface area contributed by atoms with Gasteiger partial charge in [-0.25, -0.2) is 4.39 Å². The first-order chi connectivity index (χ1) is 12.7. The van der Waals surface area contributed by atoms with Crippen LogP contribution in [0.5, 0.6) is 0 Å². The van der Waals surface area contributed by atoms with E-state index in [0.717, 1.165) is 36.5 Å². The molecule has 26 heavy (non-hydrogen) atoms. The second-order valence-electron chi connectivity index (χ2n) is 8.84. The second kappa shape index (κ2) is 10.3. The van der Waals surface area contributed by atoms with Gasteiger partial charge in [0, 0.05) is 0 Å². The summed E-state index contributed by atoms with van der Waals surface area (Å²) < 4.78 is 12.9. The Kier molecular flexibility index (Phi) is 7.77. The fourth-order valence-electron chi connectivity index (χ4n) is 5.36. The first-order valence-electron chi connectivity index (χ1n) is 11.2. The van der Waals surface area contributed by atoms with E-state index in [9.17, 15) is 4.39 Å². The minimum Gasteiger partial charge on any atom is -0.207 e. The number of halogens is 1. The monoisotopic (exact) mass is 356 g/mol. The molecule has 0 aromatic heterocycles. The molecule has 144 valence electrons. The molecule has 0 unspecified atom stereocenters. The van der Waals surface area contributed by atoms with Crippen LogP contribution in [0.25, 0.3) is 0 Å². The Morgan fingerprint density at radius 2 is 1.50 bits per heavy atom. The van der Waals surface area contributed by atoms with E-state index in [1.807, 2.05) is 12.1 Å². The maximum Gasteiger partial charge on any atom is 0.123 e. The number of hydrogen-bond donors (Lipinski definition) is 0. The lowest BCUT2D eigenvalue weighted by Gasteiger charge is -2.37. The predicted molar refractivity (Wildman–Crippen MR) is 110 cm³/mol. The van der Waals surface area contributed by atoms with Crippen molar-refractivity contribution in [1.29, 1.82) is 0 Å². The molecule has 1 heteroatoms. The molecule has 0 aliphatic heterocycles. The fraction of sp³-hybridized carbons (Fsp3) is 0.680. The summed E-state index contributed by atoms with van der Waals surface area (Å²) >= 11 is 0. The highest BCUT2D eigenvalue weighted by atomic mass is 19.1. The van der Waals surface area contributed by atoms with Crippen molar-refractivity contribution >= 4 is 0 Å². The Bertz CT molecular complexity index is 528. The zero-order valence-electron chi connectivity index (χ0n) is 16.6. The number of aryl methyl sites for hydroxylation is 1. The van der Waals surface area contributed by atoms with Gasteiger partial charge < -0.3 is 0 Å². The molecule has 1 aromatic carbocycles. The van der Waals surface area contributed by atoms with Gasteiger partial charge >= 0.3 is 0 Å². The van der Waals surface area contributed by atoms with Gasteiger partial charge in [-0.2, -0.15) is 0 Å². The molecular weight excluding hydrogens is 319 g/mol. The largest absolute Gasteiger partial charge is 0.207 e. The molecule has 0 atom stereocenters. The summed E-state index contributed by atoms with van der Waals surface area (Å²) in [5, 5.41) is 0. The van der Waals surface area contributed by atoms with Gasteiger partial charge in [0.1, 0.15) is 5.82 Å². The first-order valence-corrected chi connectivity index (χ1v) is 11.2. The van der Waals surface area contributed by atoms with Crippen LogP contribution in [0.4, 0.5) is 4.39 Å². The van der Waals surface area contributed by atoms with E-state index >= 15 is 0 Å². The van der Waals surface area contributed by atoms with Crippen LogP contribution in [0.2, 0.25) is 0 Å². The number of hydrogen-bond acceptors (Lipinski definition) is 0. The summed E-state index contributed by atoms with van der Waals surface area (Å²) in [6.07, 6.45) is 21.5. The van der Waals surface area contributed by atoms with Crippen molar-refractivity contribution in [3.05, 3.63) is 47.8 Å². The summed E-state index contributed by atoms with van der Waals surface area (Å²) in [4.78, 5) is 0. The predicted octanol–water partition coefficient (Wildman–Crippen LogP) is 7.73. The van der Waals surface area contributed by atoms with Crippen LogP contribution in [0.3, 0.4) is 0 Å². The van der Waals surface area contributed by atoms with Crippen LogP contribution in [-0.4, -0.2) is 0 Å². The second-order valence-corrected chi connectivity index (χ2v) is 8.84. The minimum absolute atomic E-state index is 0.139. The highest BCUT2D eigenvalue weighted by molar-refractivity contribution is 5.16. The SMILES string of the molecule is CCC[C@H]1CC[C@H](C2CCC(/C=C/CCc3ccc(F)cc3)CC2)CC1. The van der Waals surface area contributed by atoms with Crippen molar-refractivity contribution in [2.45, 2.75) is 84.0 Å². The third-order valence-corrected chi connectivity index (χ3v) is 6.99. The molecule has 0 radical (unpaired) electrons. The normalized spacial score (nSPS) is 29.9. The number of allylic oxidation sites excluding steroid dienone is 2. The van der Waals surface area contributed by atoms with E-state index in [4.69, 9.17) is 0 Å². The van der Waals surface area contributed by atoms with Crippen LogP contribution in [0.15, 0.2) is 36.4 Å². The Labute approximate surface area is 160 Å². The Morgan fingerprint density at radius 1 is 0.885 bits per heavy atom. The summed E-state index contributed by atoms with van der Waals surface area (Å²) in [6.45, 7) is 2.33. The van der Waals surface area contributed by atoms with Gasteiger partial charge in [-0.05, 0) is 92.7 Å². The summed E-state index contributed by atoms with van der Waals surface area (Å²) in [7, 11) is 0. The van der Waals surface area contributed by atoms with Crippen molar-refractivity contribution in [3.63, 3.8) is 0 Å². The van der Waals surface area contributed by atoms with Gasteiger partial charge in [-0.15, -0.1) is 0 Å². The highest BCUT2D eigenvalue weighted by Crippen LogP contribution is 2.42. The van der Waals surface area contributed by atoms with E-state index in [1.54, 1.807) is 12.1 Å². The average molecular weight is 357 g/mol. The van der Waals surface area contributed by atoms with Gasteiger partial charge in [0.2, 0.25) is 0 Å². The molecule has 0 spiro atoms. The van der Waals surface area contributed by atoms with Gasteiger partial charge in [0.15, 0.2) is 0 Å². The lowest BCUT2D eigenvalue weighted by Crippen LogP contribution is -2.25. The van der Waals surface area contributed by atoms with E-state index in [-0.39, 0.29) is 5.82 Å². The van der Waals surface area contributed by atoms with Crippen molar-refractivity contribution in [2.75, 3.05) is 0 Å². The molecule has 0 N–H and O–H groups in total. The van der Waals surface area contributed by atoms with Crippen LogP contribution in [0.1, 0.15) is 83.1 Å². The third-order valence-electron chi connectivity index (χ3n) is 6.99. The Morgan fingerprint density at radius 3 is 2.12 bits per heavy atom. The molecule has 2 saturated carbocycles. The van der Waals surface area contributed by atoms with Crippen LogP contribution in [0, 0.1) is 29.5 Å². The summed E-state index contributed by atoms with van der Waals surface area (Å²) in [5.41, 5.74) is 1.23. The quantitative estimate of drug-likeness (QED) is 0.438. The minimum atomic E-state index is -0.139. The van der Waals surface area contributed by atoms with Gasteiger partial charge in [0.25, 0.3) is 0 Å². The zero-order chi connectivity index (χ0) is 18.2. The van der Waals surface area contributed by atoms with Crippen molar-refractivity contribution in [2.24, 2.45) is 23.7 Å². The van der Waals surface area contributed by atoms with E-state index in [2.05, 4.69) is 19.1 Å². The lowest BCUT2D eigenvalue weighted by atomic mass is 9.68. The molecule has 0 saturated heterocycles. The van der Waals surface area contributed by atoms with E-state index in [0.29, 0.717) is 0 Å². The van der Waals surface area contributed by atoms with Crippen LogP contribution < -0.4 is 0 Å². The lowest BCUT2D eigenvalue weighted by molar-refractivity contribution is 0.152.